The Balaban J connectivity index is 2.35. The van der Waals surface area contributed by atoms with Crippen molar-refractivity contribution in [2.45, 2.75) is 33.6 Å². The summed E-state index contributed by atoms with van der Waals surface area (Å²) in [6.07, 6.45) is 0. The van der Waals surface area contributed by atoms with Crippen molar-refractivity contribution in [2.75, 3.05) is 0 Å². The van der Waals surface area contributed by atoms with Gasteiger partial charge in [0.25, 0.3) is 0 Å². The van der Waals surface area contributed by atoms with Gasteiger partial charge in [-0.3, -0.25) is 4.79 Å². The molecule has 3 nitrogen and oxygen atoms in total. The monoisotopic (exact) mass is 208 g/mol. The average Bonchev–Trinajstić information content (AvgIpc) is 2.48. The van der Waals surface area contributed by atoms with E-state index in [4.69, 9.17) is 9.52 Å². The van der Waals surface area contributed by atoms with Crippen molar-refractivity contribution in [3.8, 4) is 0 Å². The molecule has 1 saturated carbocycles. The van der Waals surface area contributed by atoms with E-state index >= 15 is 0 Å². The van der Waals surface area contributed by atoms with Crippen LogP contribution in [0.4, 0.5) is 0 Å². The van der Waals surface area contributed by atoms with Gasteiger partial charge in [-0.2, -0.15) is 0 Å². The van der Waals surface area contributed by atoms with Crippen LogP contribution in [0.25, 0.3) is 0 Å². The van der Waals surface area contributed by atoms with Crippen molar-refractivity contribution in [3.63, 3.8) is 0 Å². The smallest absolute Gasteiger partial charge is 0.307 e. The molecular formula is C12H16O3. The SMILES string of the molecule is Cc1cc([C@@H]2[C@@H](C(=O)O)C2(C)C)c(C)o1. The Morgan fingerprint density at radius 3 is 2.40 bits per heavy atom. The number of carboxylic acids is 1. The van der Waals surface area contributed by atoms with Crippen LogP contribution in [0.5, 0.6) is 0 Å². The molecule has 0 aromatic carbocycles. The van der Waals surface area contributed by atoms with E-state index in [-0.39, 0.29) is 17.3 Å². The van der Waals surface area contributed by atoms with Crippen molar-refractivity contribution >= 4 is 5.97 Å². The molecule has 0 bridgehead atoms. The zero-order chi connectivity index (χ0) is 11.4. The molecule has 1 aliphatic carbocycles. The molecule has 0 radical (unpaired) electrons. The van der Waals surface area contributed by atoms with E-state index in [0.717, 1.165) is 17.1 Å². The highest BCUT2D eigenvalue weighted by Gasteiger charge is 2.63. The summed E-state index contributed by atoms with van der Waals surface area (Å²) < 4.78 is 5.44. The maximum absolute atomic E-state index is 11.0. The second-order valence-electron chi connectivity index (χ2n) is 4.98. The Labute approximate surface area is 89.1 Å². The molecule has 1 aromatic heterocycles. The van der Waals surface area contributed by atoms with E-state index in [1.54, 1.807) is 0 Å². The fourth-order valence-corrected chi connectivity index (χ4v) is 2.64. The minimum Gasteiger partial charge on any atom is -0.481 e. The maximum atomic E-state index is 11.0. The molecule has 1 heterocycles. The van der Waals surface area contributed by atoms with E-state index < -0.39 is 5.97 Å². The largest absolute Gasteiger partial charge is 0.481 e. The highest BCUT2D eigenvalue weighted by atomic mass is 16.4. The Kier molecular flexibility index (Phi) is 1.97. The summed E-state index contributed by atoms with van der Waals surface area (Å²) in [5.41, 5.74) is 0.914. The maximum Gasteiger partial charge on any atom is 0.307 e. The number of aliphatic carboxylic acids is 1. The van der Waals surface area contributed by atoms with Crippen LogP contribution in [0.15, 0.2) is 10.5 Å². The molecule has 15 heavy (non-hydrogen) atoms. The van der Waals surface area contributed by atoms with Gasteiger partial charge in [0.2, 0.25) is 0 Å². The lowest BCUT2D eigenvalue weighted by Gasteiger charge is -1.99. The Morgan fingerprint density at radius 2 is 2.07 bits per heavy atom. The number of hydrogen-bond acceptors (Lipinski definition) is 2. The van der Waals surface area contributed by atoms with Crippen LogP contribution in [0.2, 0.25) is 0 Å². The van der Waals surface area contributed by atoms with Gasteiger partial charge in [-0.25, -0.2) is 0 Å². The van der Waals surface area contributed by atoms with E-state index in [9.17, 15) is 4.79 Å². The number of hydrogen-bond donors (Lipinski definition) is 1. The van der Waals surface area contributed by atoms with Crippen LogP contribution in [0.3, 0.4) is 0 Å². The lowest BCUT2D eigenvalue weighted by molar-refractivity contribution is -0.139. The van der Waals surface area contributed by atoms with E-state index in [1.165, 1.54) is 0 Å². The van der Waals surface area contributed by atoms with Crippen molar-refractivity contribution in [1.82, 2.24) is 0 Å². The highest BCUT2D eigenvalue weighted by Crippen LogP contribution is 2.65. The van der Waals surface area contributed by atoms with Gasteiger partial charge in [0.1, 0.15) is 11.5 Å². The first-order chi connectivity index (χ1) is 6.85. The van der Waals surface area contributed by atoms with Gasteiger partial charge in [-0.1, -0.05) is 13.8 Å². The third-order valence-electron chi connectivity index (χ3n) is 3.51. The fourth-order valence-electron chi connectivity index (χ4n) is 2.64. The lowest BCUT2D eigenvalue weighted by atomic mass is 10.0. The second-order valence-corrected chi connectivity index (χ2v) is 4.98. The molecule has 82 valence electrons. The van der Waals surface area contributed by atoms with Crippen LogP contribution >= 0.6 is 0 Å². The molecule has 0 amide bonds. The Bertz CT molecular complexity index is 415. The minimum atomic E-state index is -0.705. The average molecular weight is 208 g/mol. The quantitative estimate of drug-likeness (QED) is 0.813. The third kappa shape index (κ3) is 1.37. The summed E-state index contributed by atoms with van der Waals surface area (Å²) in [6, 6.07) is 1.96. The lowest BCUT2D eigenvalue weighted by Crippen LogP contribution is -2.03. The summed E-state index contributed by atoms with van der Waals surface area (Å²) in [6.45, 7) is 7.79. The van der Waals surface area contributed by atoms with Gasteiger partial charge in [-0.15, -0.1) is 0 Å². The van der Waals surface area contributed by atoms with Gasteiger partial charge in [0.05, 0.1) is 5.92 Å². The van der Waals surface area contributed by atoms with E-state index in [1.807, 2.05) is 33.8 Å². The van der Waals surface area contributed by atoms with Gasteiger partial charge in [-0.05, 0) is 30.9 Å². The van der Waals surface area contributed by atoms with Crippen LogP contribution in [0, 0.1) is 25.2 Å². The number of furan rings is 1. The van der Waals surface area contributed by atoms with Gasteiger partial charge in [0, 0.05) is 5.92 Å². The summed E-state index contributed by atoms with van der Waals surface area (Å²) in [5.74, 6) is 0.840. The highest BCUT2D eigenvalue weighted by molar-refractivity contribution is 5.77. The van der Waals surface area contributed by atoms with E-state index in [0.29, 0.717) is 0 Å². The molecule has 2 rings (SSSR count). The zero-order valence-electron chi connectivity index (χ0n) is 9.50. The number of rotatable bonds is 2. The first kappa shape index (κ1) is 10.3. The first-order valence-electron chi connectivity index (χ1n) is 5.15. The van der Waals surface area contributed by atoms with E-state index in [2.05, 4.69) is 0 Å². The van der Waals surface area contributed by atoms with Crippen molar-refractivity contribution in [3.05, 3.63) is 23.2 Å². The summed E-state index contributed by atoms with van der Waals surface area (Å²) in [7, 11) is 0. The molecule has 0 spiro atoms. The standard InChI is InChI=1S/C12H16O3/c1-6-5-8(7(2)15-6)9-10(11(13)14)12(9,3)4/h5,9-10H,1-4H3,(H,13,14)/t9-,10+/m1/s1. The third-order valence-corrected chi connectivity index (χ3v) is 3.51. The Hall–Kier alpha value is -1.25. The fraction of sp³-hybridized carbons (Fsp3) is 0.583. The molecule has 3 heteroatoms. The van der Waals surface area contributed by atoms with Gasteiger partial charge >= 0.3 is 5.97 Å². The van der Waals surface area contributed by atoms with Crippen LogP contribution in [-0.4, -0.2) is 11.1 Å². The molecular weight excluding hydrogens is 192 g/mol. The number of aryl methyl sites for hydroxylation is 2. The van der Waals surface area contributed by atoms with Crippen LogP contribution < -0.4 is 0 Å². The number of carbonyl (C=O) groups is 1. The summed E-state index contributed by atoms with van der Waals surface area (Å²) >= 11 is 0. The van der Waals surface area contributed by atoms with Crippen LogP contribution in [-0.2, 0) is 4.79 Å². The summed E-state index contributed by atoms with van der Waals surface area (Å²) in [4.78, 5) is 11.0. The summed E-state index contributed by atoms with van der Waals surface area (Å²) in [5, 5.41) is 9.09. The van der Waals surface area contributed by atoms with Gasteiger partial charge < -0.3 is 9.52 Å². The molecule has 0 aliphatic heterocycles. The molecule has 1 aromatic rings. The zero-order valence-corrected chi connectivity index (χ0v) is 9.50. The second kappa shape index (κ2) is 2.87. The molecule has 1 aliphatic rings. The normalized spacial score (nSPS) is 27.7. The topological polar surface area (TPSA) is 50.4 Å². The number of carboxylic acid groups (broad SMARTS) is 1. The molecule has 1 N–H and O–H groups in total. The minimum absolute atomic E-state index is 0.104. The predicted octanol–water partition coefficient (Wildman–Crippen LogP) is 2.72. The predicted molar refractivity (Wildman–Crippen MR) is 55.8 cm³/mol. The molecule has 2 atom stereocenters. The molecule has 0 unspecified atom stereocenters. The van der Waals surface area contributed by atoms with Crippen molar-refractivity contribution in [2.24, 2.45) is 11.3 Å². The van der Waals surface area contributed by atoms with Crippen molar-refractivity contribution < 1.29 is 14.3 Å². The van der Waals surface area contributed by atoms with Crippen LogP contribution in [0.1, 0.15) is 36.8 Å². The Morgan fingerprint density at radius 1 is 1.47 bits per heavy atom. The van der Waals surface area contributed by atoms with Crippen molar-refractivity contribution in [1.29, 1.82) is 0 Å². The molecule has 1 fully saturated rings. The van der Waals surface area contributed by atoms with Gasteiger partial charge in [0.15, 0.2) is 0 Å². The first-order valence-corrected chi connectivity index (χ1v) is 5.15. The molecule has 0 saturated heterocycles.